The summed E-state index contributed by atoms with van der Waals surface area (Å²) in [7, 11) is 0. The molecular formula is C19H23N3. The zero-order valence-corrected chi connectivity index (χ0v) is 12.8. The van der Waals surface area contributed by atoms with Gasteiger partial charge in [-0.05, 0) is 43.6 Å². The van der Waals surface area contributed by atoms with E-state index >= 15 is 0 Å². The van der Waals surface area contributed by atoms with Crippen LogP contribution in [0, 0.1) is 5.41 Å². The van der Waals surface area contributed by atoms with E-state index in [1.165, 1.54) is 5.56 Å². The molecule has 1 aromatic carbocycles. The second kappa shape index (κ2) is 6.75. The lowest BCUT2D eigenvalue weighted by Crippen LogP contribution is -2.42. The molecule has 22 heavy (non-hydrogen) atoms. The minimum atomic E-state index is 0.0458. The van der Waals surface area contributed by atoms with E-state index in [1.54, 1.807) is 0 Å². The van der Waals surface area contributed by atoms with Gasteiger partial charge in [0.15, 0.2) is 0 Å². The highest BCUT2D eigenvalue weighted by Crippen LogP contribution is 2.44. The first-order valence-corrected chi connectivity index (χ1v) is 7.91. The Balaban J connectivity index is 1.97. The number of piperidine rings is 1. The van der Waals surface area contributed by atoms with E-state index in [4.69, 9.17) is 0 Å². The number of rotatable bonds is 5. The highest BCUT2D eigenvalue weighted by molar-refractivity contribution is 5.40. The van der Waals surface area contributed by atoms with Gasteiger partial charge in [0.25, 0.3) is 0 Å². The van der Waals surface area contributed by atoms with Crippen molar-refractivity contribution in [1.82, 2.24) is 10.3 Å². The molecule has 3 rings (SSSR count). The monoisotopic (exact) mass is 293 g/mol. The molecule has 0 bridgehead atoms. The summed E-state index contributed by atoms with van der Waals surface area (Å²) in [5, 5.41) is 7.10. The van der Waals surface area contributed by atoms with Crippen LogP contribution in [-0.2, 0) is 0 Å². The maximum atomic E-state index is 4.44. The van der Waals surface area contributed by atoms with E-state index in [9.17, 15) is 0 Å². The molecule has 1 unspecified atom stereocenters. The second-order valence-corrected chi connectivity index (χ2v) is 5.89. The molecule has 3 heteroatoms. The number of hydrogen-bond donors (Lipinski definition) is 2. The molecule has 114 valence electrons. The van der Waals surface area contributed by atoms with Crippen LogP contribution in [0.1, 0.15) is 24.4 Å². The summed E-state index contributed by atoms with van der Waals surface area (Å²) in [4.78, 5) is 4.44. The maximum absolute atomic E-state index is 4.44. The van der Waals surface area contributed by atoms with E-state index in [0.29, 0.717) is 0 Å². The predicted octanol–water partition coefficient (Wildman–Crippen LogP) is 3.79. The Morgan fingerprint density at radius 3 is 2.45 bits per heavy atom. The van der Waals surface area contributed by atoms with Crippen molar-refractivity contribution >= 4 is 5.82 Å². The number of anilines is 1. The summed E-state index contributed by atoms with van der Waals surface area (Å²) in [6, 6.07) is 16.8. The number of aromatic nitrogens is 1. The van der Waals surface area contributed by atoms with Gasteiger partial charge in [0.1, 0.15) is 5.82 Å². The van der Waals surface area contributed by atoms with Crippen LogP contribution in [0.5, 0.6) is 0 Å². The molecule has 1 saturated heterocycles. The summed E-state index contributed by atoms with van der Waals surface area (Å²) in [5.41, 5.74) is 1.33. The smallest absolute Gasteiger partial charge is 0.126 e. The van der Waals surface area contributed by atoms with Crippen molar-refractivity contribution in [1.29, 1.82) is 0 Å². The van der Waals surface area contributed by atoms with Crippen molar-refractivity contribution in [3.8, 4) is 0 Å². The molecule has 0 radical (unpaired) electrons. The van der Waals surface area contributed by atoms with Crippen molar-refractivity contribution in [3.05, 3.63) is 72.9 Å². The Bertz CT molecular complexity index is 589. The fourth-order valence-corrected chi connectivity index (χ4v) is 3.30. The minimum Gasteiger partial charge on any atom is -0.362 e. The standard InChI is InChI=1S/C19H23N3/c1-2-19(11-14-20-15-12-19)18(16-8-4-3-5-9-16)22-17-10-6-7-13-21-17/h2-10,13,18,20H,1,11-12,14-15H2,(H,21,22). The summed E-state index contributed by atoms with van der Waals surface area (Å²) in [5.74, 6) is 0.913. The van der Waals surface area contributed by atoms with Crippen molar-refractivity contribution < 1.29 is 0 Å². The summed E-state index contributed by atoms with van der Waals surface area (Å²) < 4.78 is 0. The third kappa shape index (κ3) is 3.04. The molecule has 1 atom stereocenters. The highest BCUT2D eigenvalue weighted by Gasteiger charge is 2.38. The van der Waals surface area contributed by atoms with Crippen LogP contribution in [0.2, 0.25) is 0 Å². The van der Waals surface area contributed by atoms with Crippen LogP contribution in [0.4, 0.5) is 5.82 Å². The lowest BCUT2D eigenvalue weighted by atomic mass is 9.70. The van der Waals surface area contributed by atoms with E-state index in [0.717, 1.165) is 31.7 Å². The van der Waals surface area contributed by atoms with Crippen molar-refractivity contribution in [3.63, 3.8) is 0 Å². The zero-order valence-electron chi connectivity index (χ0n) is 12.8. The van der Waals surface area contributed by atoms with Crippen molar-refractivity contribution in [2.45, 2.75) is 18.9 Å². The number of pyridine rings is 1. The van der Waals surface area contributed by atoms with Gasteiger partial charge in [-0.15, -0.1) is 6.58 Å². The number of hydrogen-bond acceptors (Lipinski definition) is 3. The second-order valence-electron chi connectivity index (χ2n) is 5.89. The quantitative estimate of drug-likeness (QED) is 0.824. The molecular weight excluding hydrogens is 270 g/mol. The van der Waals surface area contributed by atoms with E-state index < -0.39 is 0 Å². The van der Waals surface area contributed by atoms with E-state index in [-0.39, 0.29) is 11.5 Å². The van der Waals surface area contributed by atoms with Gasteiger partial charge in [-0.1, -0.05) is 42.5 Å². The Morgan fingerprint density at radius 1 is 1.09 bits per heavy atom. The molecule has 2 aromatic rings. The molecule has 0 amide bonds. The largest absolute Gasteiger partial charge is 0.362 e. The van der Waals surface area contributed by atoms with Gasteiger partial charge in [-0.2, -0.15) is 0 Å². The molecule has 1 aromatic heterocycles. The molecule has 1 aliphatic rings. The van der Waals surface area contributed by atoms with Crippen LogP contribution < -0.4 is 10.6 Å². The third-order valence-corrected chi connectivity index (χ3v) is 4.61. The molecule has 0 saturated carbocycles. The normalized spacial score (nSPS) is 18.4. The lowest BCUT2D eigenvalue weighted by molar-refractivity contribution is 0.234. The first kappa shape index (κ1) is 14.8. The zero-order chi connectivity index (χ0) is 15.3. The molecule has 1 aliphatic heterocycles. The van der Waals surface area contributed by atoms with Crippen LogP contribution in [0.3, 0.4) is 0 Å². The first-order chi connectivity index (χ1) is 10.8. The molecule has 2 N–H and O–H groups in total. The molecule has 0 aliphatic carbocycles. The van der Waals surface area contributed by atoms with Gasteiger partial charge in [0.05, 0.1) is 6.04 Å². The summed E-state index contributed by atoms with van der Waals surface area (Å²) in [6.45, 7) is 6.21. The van der Waals surface area contributed by atoms with Crippen LogP contribution >= 0.6 is 0 Å². The molecule has 2 heterocycles. The fourth-order valence-electron chi connectivity index (χ4n) is 3.30. The molecule has 1 fully saturated rings. The number of nitrogens with zero attached hydrogens (tertiary/aromatic N) is 1. The Hall–Kier alpha value is -2.13. The summed E-state index contributed by atoms with van der Waals surface area (Å²) in [6.07, 6.45) is 6.13. The third-order valence-electron chi connectivity index (χ3n) is 4.61. The Labute approximate surface area is 132 Å². The van der Waals surface area contributed by atoms with Gasteiger partial charge >= 0.3 is 0 Å². The predicted molar refractivity (Wildman–Crippen MR) is 91.8 cm³/mol. The number of nitrogens with one attached hydrogen (secondary N) is 2. The average molecular weight is 293 g/mol. The average Bonchev–Trinajstić information content (AvgIpc) is 2.62. The Kier molecular flexibility index (Phi) is 4.54. The fraction of sp³-hybridized carbons (Fsp3) is 0.316. The van der Waals surface area contributed by atoms with Gasteiger partial charge in [0.2, 0.25) is 0 Å². The van der Waals surface area contributed by atoms with Crippen molar-refractivity contribution in [2.75, 3.05) is 18.4 Å². The SMILES string of the molecule is C=CC1(C(Nc2ccccn2)c2ccccc2)CCNCC1. The van der Waals surface area contributed by atoms with E-state index in [2.05, 4.69) is 58.6 Å². The van der Waals surface area contributed by atoms with Gasteiger partial charge < -0.3 is 10.6 Å². The Morgan fingerprint density at radius 2 is 1.82 bits per heavy atom. The number of benzene rings is 1. The molecule has 0 spiro atoms. The maximum Gasteiger partial charge on any atom is 0.126 e. The first-order valence-electron chi connectivity index (χ1n) is 7.91. The van der Waals surface area contributed by atoms with Gasteiger partial charge in [-0.3, -0.25) is 0 Å². The van der Waals surface area contributed by atoms with Crippen LogP contribution in [-0.4, -0.2) is 18.1 Å². The van der Waals surface area contributed by atoms with Crippen LogP contribution in [0.15, 0.2) is 67.4 Å². The topological polar surface area (TPSA) is 37.0 Å². The van der Waals surface area contributed by atoms with Gasteiger partial charge in [0, 0.05) is 11.6 Å². The lowest BCUT2D eigenvalue weighted by Gasteiger charge is -2.42. The van der Waals surface area contributed by atoms with Gasteiger partial charge in [-0.25, -0.2) is 4.98 Å². The molecule has 3 nitrogen and oxygen atoms in total. The minimum absolute atomic E-state index is 0.0458. The van der Waals surface area contributed by atoms with Crippen LogP contribution in [0.25, 0.3) is 0 Å². The van der Waals surface area contributed by atoms with Crippen molar-refractivity contribution in [2.24, 2.45) is 5.41 Å². The summed E-state index contributed by atoms with van der Waals surface area (Å²) >= 11 is 0. The van der Waals surface area contributed by atoms with E-state index in [1.807, 2.05) is 24.4 Å². The highest BCUT2D eigenvalue weighted by atomic mass is 15.0.